The van der Waals surface area contributed by atoms with Crippen LogP contribution in [0.25, 0.3) is 0 Å². The van der Waals surface area contributed by atoms with Gasteiger partial charge < -0.3 is 10.1 Å². The zero-order chi connectivity index (χ0) is 14.5. The number of rotatable bonds is 6. The standard InChI is InChI=1S/C17H24N2O2/c20-17(15-7-8-15)18-9-4-10-19-11-12-21-16(13-19)14-5-2-1-3-6-14/h1-3,5-6,15-16H,4,7-13H2,(H,18,20)/t16-/m1/s1. The molecule has 1 amide bonds. The van der Waals surface area contributed by atoms with Gasteiger partial charge in [0.25, 0.3) is 0 Å². The van der Waals surface area contributed by atoms with E-state index in [0.29, 0.717) is 5.92 Å². The summed E-state index contributed by atoms with van der Waals surface area (Å²) in [5.41, 5.74) is 1.25. The van der Waals surface area contributed by atoms with E-state index in [1.165, 1.54) is 5.56 Å². The second-order valence-electron chi connectivity index (χ2n) is 5.99. The van der Waals surface area contributed by atoms with Gasteiger partial charge in [-0.1, -0.05) is 30.3 Å². The number of nitrogens with one attached hydrogen (secondary N) is 1. The van der Waals surface area contributed by atoms with Gasteiger partial charge in [0.2, 0.25) is 5.91 Å². The van der Waals surface area contributed by atoms with Crippen molar-refractivity contribution in [3.8, 4) is 0 Å². The smallest absolute Gasteiger partial charge is 0.223 e. The first-order chi connectivity index (χ1) is 10.3. The predicted octanol–water partition coefficient (Wildman–Crippen LogP) is 1.98. The van der Waals surface area contributed by atoms with E-state index in [4.69, 9.17) is 4.74 Å². The molecule has 1 aromatic rings. The summed E-state index contributed by atoms with van der Waals surface area (Å²) in [5, 5.41) is 3.03. The van der Waals surface area contributed by atoms with Gasteiger partial charge >= 0.3 is 0 Å². The monoisotopic (exact) mass is 288 g/mol. The predicted molar refractivity (Wildman–Crippen MR) is 81.9 cm³/mol. The Balaban J connectivity index is 1.38. The molecule has 1 aliphatic heterocycles. The SMILES string of the molecule is O=C(NCCCN1CCO[C@@H](c2ccccc2)C1)C1CC1. The van der Waals surface area contributed by atoms with E-state index in [0.717, 1.165) is 52.0 Å². The number of carbonyl (C=O) groups excluding carboxylic acids is 1. The molecule has 2 aliphatic rings. The number of morpholine rings is 1. The number of nitrogens with zero attached hydrogens (tertiary/aromatic N) is 1. The van der Waals surface area contributed by atoms with Gasteiger partial charge in [0.1, 0.15) is 0 Å². The lowest BCUT2D eigenvalue weighted by atomic mass is 10.1. The van der Waals surface area contributed by atoms with Crippen molar-refractivity contribution < 1.29 is 9.53 Å². The molecular weight excluding hydrogens is 264 g/mol. The lowest BCUT2D eigenvalue weighted by molar-refractivity contribution is -0.122. The third-order valence-corrected chi connectivity index (χ3v) is 4.22. The first-order valence-corrected chi connectivity index (χ1v) is 7.99. The van der Waals surface area contributed by atoms with Crippen molar-refractivity contribution in [2.45, 2.75) is 25.4 Å². The number of hydrogen-bond acceptors (Lipinski definition) is 3. The molecule has 2 fully saturated rings. The molecule has 1 aliphatic carbocycles. The first kappa shape index (κ1) is 14.5. The van der Waals surface area contributed by atoms with Crippen LogP contribution in [0.1, 0.15) is 30.9 Å². The van der Waals surface area contributed by atoms with Gasteiger partial charge in [-0.05, 0) is 24.8 Å². The Labute approximate surface area is 126 Å². The van der Waals surface area contributed by atoms with Crippen molar-refractivity contribution in [2.75, 3.05) is 32.8 Å². The summed E-state index contributed by atoms with van der Waals surface area (Å²) in [5.74, 6) is 0.565. The van der Waals surface area contributed by atoms with E-state index < -0.39 is 0 Å². The fourth-order valence-electron chi connectivity index (χ4n) is 2.78. The van der Waals surface area contributed by atoms with Crippen LogP contribution in [0.3, 0.4) is 0 Å². The number of carbonyl (C=O) groups is 1. The molecule has 0 aromatic heterocycles. The van der Waals surface area contributed by atoms with Crippen LogP contribution >= 0.6 is 0 Å². The second kappa shape index (κ2) is 7.05. The van der Waals surface area contributed by atoms with Crippen molar-refractivity contribution in [2.24, 2.45) is 5.92 Å². The Morgan fingerprint density at radius 1 is 1.29 bits per heavy atom. The van der Waals surface area contributed by atoms with Crippen LogP contribution in [0.5, 0.6) is 0 Å². The summed E-state index contributed by atoms with van der Waals surface area (Å²) < 4.78 is 5.87. The van der Waals surface area contributed by atoms with Crippen LogP contribution < -0.4 is 5.32 Å². The second-order valence-corrected chi connectivity index (χ2v) is 5.99. The van der Waals surface area contributed by atoms with Crippen molar-refractivity contribution in [3.63, 3.8) is 0 Å². The average Bonchev–Trinajstić information content (AvgIpc) is 3.37. The molecular formula is C17H24N2O2. The van der Waals surface area contributed by atoms with Gasteiger partial charge in [0, 0.05) is 32.1 Å². The molecule has 1 aromatic carbocycles. The average molecular weight is 288 g/mol. The van der Waals surface area contributed by atoms with Crippen LogP contribution in [-0.4, -0.2) is 43.6 Å². The van der Waals surface area contributed by atoms with Gasteiger partial charge in [-0.2, -0.15) is 0 Å². The summed E-state index contributed by atoms with van der Waals surface area (Å²) in [6, 6.07) is 10.4. The maximum atomic E-state index is 11.5. The van der Waals surface area contributed by atoms with E-state index in [-0.39, 0.29) is 12.0 Å². The van der Waals surface area contributed by atoms with Crippen molar-refractivity contribution in [3.05, 3.63) is 35.9 Å². The van der Waals surface area contributed by atoms with Crippen LogP contribution in [-0.2, 0) is 9.53 Å². The van der Waals surface area contributed by atoms with E-state index in [9.17, 15) is 4.79 Å². The molecule has 1 saturated heterocycles. The van der Waals surface area contributed by atoms with Crippen molar-refractivity contribution in [1.82, 2.24) is 10.2 Å². The zero-order valence-corrected chi connectivity index (χ0v) is 12.5. The minimum Gasteiger partial charge on any atom is -0.371 e. The highest BCUT2D eigenvalue weighted by molar-refractivity contribution is 5.80. The largest absolute Gasteiger partial charge is 0.371 e. The molecule has 0 spiro atoms. The summed E-state index contributed by atoms with van der Waals surface area (Å²) in [7, 11) is 0. The highest BCUT2D eigenvalue weighted by atomic mass is 16.5. The fourth-order valence-corrected chi connectivity index (χ4v) is 2.78. The zero-order valence-electron chi connectivity index (χ0n) is 12.5. The molecule has 1 N–H and O–H groups in total. The normalized spacial score (nSPS) is 23.0. The van der Waals surface area contributed by atoms with E-state index >= 15 is 0 Å². The summed E-state index contributed by atoms with van der Waals surface area (Å²) in [4.78, 5) is 14.0. The van der Waals surface area contributed by atoms with Crippen LogP contribution in [0.15, 0.2) is 30.3 Å². The molecule has 114 valence electrons. The molecule has 1 saturated carbocycles. The minimum atomic E-state index is 0.181. The molecule has 4 heteroatoms. The molecule has 3 rings (SSSR count). The molecule has 4 nitrogen and oxygen atoms in total. The van der Waals surface area contributed by atoms with Crippen molar-refractivity contribution >= 4 is 5.91 Å². The van der Waals surface area contributed by atoms with E-state index in [1.54, 1.807) is 0 Å². The summed E-state index contributed by atoms with van der Waals surface area (Å²) in [6.07, 6.45) is 3.35. The first-order valence-electron chi connectivity index (χ1n) is 7.99. The van der Waals surface area contributed by atoms with Gasteiger partial charge in [-0.15, -0.1) is 0 Å². The van der Waals surface area contributed by atoms with Crippen LogP contribution in [0.4, 0.5) is 0 Å². The summed E-state index contributed by atoms with van der Waals surface area (Å²) >= 11 is 0. The van der Waals surface area contributed by atoms with Gasteiger partial charge in [0.05, 0.1) is 12.7 Å². The van der Waals surface area contributed by atoms with Crippen LogP contribution in [0.2, 0.25) is 0 Å². The van der Waals surface area contributed by atoms with Crippen molar-refractivity contribution in [1.29, 1.82) is 0 Å². The molecule has 0 bridgehead atoms. The van der Waals surface area contributed by atoms with Gasteiger partial charge in [-0.25, -0.2) is 0 Å². The number of amides is 1. The van der Waals surface area contributed by atoms with Gasteiger partial charge in [-0.3, -0.25) is 9.69 Å². The maximum absolute atomic E-state index is 11.5. The van der Waals surface area contributed by atoms with Crippen LogP contribution in [0, 0.1) is 5.92 Å². The number of hydrogen-bond donors (Lipinski definition) is 1. The third kappa shape index (κ3) is 4.29. The Hall–Kier alpha value is -1.39. The Kier molecular flexibility index (Phi) is 4.88. The molecule has 21 heavy (non-hydrogen) atoms. The lowest BCUT2D eigenvalue weighted by Gasteiger charge is -2.33. The van der Waals surface area contributed by atoms with E-state index in [2.05, 4.69) is 34.5 Å². The van der Waals surface area contributed by atoms with Gasteiger partial charge in [0.15, 0.2) is 0 Å². The summed E-state index contributed by atoms with van der Waals surface area (Å²) in [6.45, 7) is 4.54. The Morgan fingerprint density at radius 2 is 2.10 bits per heavy atom. The Morgan fingerprint density at radius 3 is 2.86 bits per heavy atom. The molecule has 0 radical (unpaired) electrons. The number of ether oxygens (including phenoxy) is 1. The number of benzene rings is 1. The van der Waals surface area contributed by atoms with E-state index in [1.807, 2.05) is 6.07 Å². The topological polar surface area (TPSA) is 41.6 Å². The minimum absolute atomic E-state index is 0.181. The lowest BCUT2D eigenvalue weighted by Crippen LogP contribution is -2.40. The highest BCUT2D eigenvalue weighted by Crippen LogP contribution is 2.28. The Bertz CT molecular complexity index is 459. The molecule has 0 unspecified atom stereocenters. The quantitative estimate of drug-likeness (QED) is 0.814. The molecule has 1 atom stereocenters. The third-order valence-electron chi connectivity index (χ3n) is 4.22. The molecule has 1 heterocycles. The fraction of sp³-hybridized carbons (Fsp3) is 0.588. The maximum Gasteiger partial charge on any atom is 0.223 e. The highest BCUT2D eigenvalue weighted by Gasteiger charge is 2.29.